The van der Waals surface area contributed by atoms with Crippen molar-refractivity contribution in [2.75, 3.05) is 0 Å². The summed E-state index contributed by atoms with van der Waals surface area (Å²) in [4.78, 5) is 0. The van der Waals surface area contributed by atoms with E-state index in [9.17, 15) is 0 Å². The summed E-state index contributed by atoms with van der Waals surface area (Å²) in [5, 5.41) is 0. The van der Waals surface area contributed by atoms with Gasteiger partial charge in [0.15, 0.2) is 0 Å². The van der Waals surface area contributed by atoms with E-state index in [1.807, 2.05) is 39.7 Å². The monoisotopic (exact) mass is 192 g/mol. The van der Waals surface area contributed by atoms with E-state index in [1.165, 1.54) is 11.1 Å². The van der Waals surface area contributed by atoms with Crippen molar-refractivity contribution in [1.29, 1.82) is 0 Å². The summed E-state index contributed by atoms with van der Waals surface area (Å²) in [5.74, 6) is 1.97. The van der Waals surface area contributed by atoms with Crippen LogP contribution in [0.2, 0.25) is 0 Å². The van der Waals surface area contributed by atoms with E-state index in [1.54, 1.807) is 6.92 Å². The summed E-state index contributed by atoms with van der Waals surface area (Å²) in [6, 6.07) is 0. The normalized spacial score (nSPS) is 8.21. The van der Waals surface area contributed by atoms with Crippen molar-refractivity contribution < 1.29 is 0 Å². The molecule has 0 unspecified atom stereocenters. The molecule has 0 spiro atoms. The van der Waals surface area contributed by atoms with Crippen molar-refractivity contribution >= 4 is 13.4 Å². The predicted molar refractivity (Wildman–Crippen MR) is 73.3 cm³/mol. The van der Waals surface area contributed by atoms with Crippen molar-refractivity contribution in [3.63, 3.8) is 0 Å². The van der Waals surface area contributed by atoms with Crippen LogP contribution < -0.4 is 0 Å². The molecule has 0 saturated carbocycles. The molecular formula is C13H25B. The van der Waals surface area contributed by atoms with Crippen molar-refractivity contribution in [3.8, 4) is 0 Å². The summed E-state index contributed by atoms with van der Waals surface area (Å²) < 4.78 is 0. The molecule has 0 N–H and O–H groups in total. The third kappa shape index (κ3) is 30.4. The van der Waals surface area contributed by atoms with Crippen LogP contribution in [0.1, 0.15) is 41.0 Å². The van der Waals surface area contributed by atoms with Crippen LogP contribution in [-0.4, -0.2) is 13.4 Å². The van der Waals surface area contributed by atoms with Crippen LogP contribution in [0.4, 0.5) is 0 Å². The molecule has 0 rings (SSSR count). The summed E-state index contributed by atoms with van der Waals surface area (Å²) in [6.45, 7) is 22.6. The Morgan fingerprint density at radius 1 is 1.29 bits per heavy atom. The molecule has 0 aliphatic heterocycles. The molecule has 0 aromatic rings. The molecule has 0 amide bonds. The van der Waals surface area contributed by atoms with Crippen LogP contribution in [0.3, 0.4) is 0 Å². The molecule has 1 heteroatoms. The Bertz CT molecular complexity index is 172. The maximum absolute atomic E-state index is 3.63. The van der Waals surface area contributed by atoms with Gasteiger partial charge in [-0.25, -0.2) is 0 Å². The predicted octanol–water partition coefficient (Wildman–Crippen LogP) is 4.21. The topological polar surface area (TPSA) is 0 Å². The van der Waals surface area contributed by atoms with Gasteiger partial charge in [0.1, 0.15) is 0 Å². The molecule has 0 heterocycles. The third-order valence-electron chi connectivity index (χ3n) is 1.00. The van der Waals surface area contributed by atoms with E-state index in [4.69, 9.17) is 0 Å². The molecule has 0 aromatic carbocycles. The Hall–Kier alpha value is -0.845. The smallest absolute Gasteiger partial charge is 0.0445 e. The van der Waals surface area contributed by atoms with Crippen LogP contribution >= 0.6 is 0 Å². The van der Waals surface area contributed by atoms with Crippen LogP contribution in [0, 0.1) is 0 Å². The molecular weight excluding hydrogens is 167 g/mol. The molecule has 0 bridgehead atoms. The van der Waals surface area contributed by atoms with Gasteiger partial charge in [-0.15, -0.1) is 6.58 Å². The Balaban J connectivity index is -0.000000170. The van der Waals surface area contributed by atoms with E-state index in [2.05, 4.69) is 26.6 Å². The number of rotatable bonds is 3. The van der Waals surface area contributed by atoms with Gasteiger partial charge in [0, 0.05) is 0 Å². The quantitative estimate of drug-likeness (QED) is 0.357. The van der Waals surface area contributed by atoms with Crippen molar-refractivity contribution in [1.82, 2.24) is 0 Å². The standard InChI is InChI=1S/C7H11B.C4H8.C2H6/c1-4-7(5-2)6-8-3;1-4(2)3;1-2/h4,6H,1,3,5H2,2H3;1H2,2-3H3;1-2H3/b7-6+;;. The number of allylic oxidation sites excluding steroid dienone is 3. The van der Waals surface area contributed by atoms with Crippen LogP contribution in [-0.2, 0) is 0 Å². The van der Waals surface area contributed by atoms with E-state index >= 15 is 0 Å². The van der Waals surface area contributed by atoms with E-state index in [0.717, 1.165) is 6.42 Å². The van der Waals surface area contributed by atoms with Crippen LogP contribution in [0.25, 0.3) is 0 Å². The Kier molecular flexibility index (Phi) is 24.3. The minimum absolute atomic E-state index is 1.04. The summed E-state index contributed by atoms with van der Waals surface area (Å²) in [7, 11) is 0. The maximum atomic E-state index is 3.63. The minimum atomic E-state index is 1.04. The fraction of sp³-hybridized carbons (Fsp3) is 0.462. The molecule has 0 aliphatic rings. The van der Waals surface area contributed by atoms with Crippen LogP contribution in [0.15, 0.2) is 36.4 Å². The first-order valence-electron chi connectivity index (χ1n) is 5.14. The summed E-state index contributed by atoms with van der Waals surface area (Å²) >= 11 is 0. The van der Waals surface area contributed by atoms with Crippen LogP contribution in [0.5, 0.6) is 0 Å². The Morgan fingerprint density at radius 3 is 1.71 bits per heavy atom. The van der Waals surface area contributed by atoms with E-state index in [-0.39, 0.29) is 0 Å². The first-order valence-corrected chi connectivity index (χ1v) is 5.14. The van der Waals surface area contributed by atoms with Gasteiger partial charge in [-0.3, -0.25) is 0 Å². The molecule has 0 nitrogen and oxygen atoms in total. The first kappa shape index (κ1) is 18.8. The van der Waals surface area contributed by atoms with Gasteiger partial charge in [-0.1, -0.05) is 19.4 Å². The number of hydrogen-bond donors (Lipinski definition) is 0. The zero-order valence-electron chi connectivity index (χ0n) is 10.6. The van der Waals surface area contributed by atoms with E-state index in [0.29, 0.717) is 0 Å². The Labute approximate surface area is 91.3 Å². The van der Waals surface area contributed by atoms with Gasteiger partial charge in [0.25, 0.3) is 0 Å². The summed E-state index contributed by atoms with van der Waals surface area (Å²) in [5.41, 5.74) is 2.40. The molecule has 0 atom stereocenters. The first-order chi connectivity index (χ1) is 6.58. The van der Waals surface area contributed by atoms with Crippen molar-refractivity contribution in [2.45, 2.75) is 41.0 Å². The van der Waals surface area contributed by atoms with E-state index < -0.39 is 0 Å². The minimum Gasteiger partial charge on any atom is -0.100 e. The molecule has 0 aliphatic carbocycles. The zero-order chi connectivity index (χ0) is 12.0. The SMILES string of the molecule is C=B/C=C(\C=C)CC.C=C(C)C.CC. The largest absolute Gasteiger partial charge is 0.100 e. The molecule has 0 saturated heterocycles. The van der Waals surface area contributed by atoms with Gasteiger partial charge in [-0.05, 0) is 13.8 Å². The van der Waals surface area contributed by atoms with Gasteiger partial charge in [0.05, 0.1) is 0 Å². The Morgan fingerprint density at radius 2 is 1.64 bits per heavy atom. The van der Waals surface area contributed by atoms with Gasteiger partial charge < -0.3 is 0 Å². The second kappa shape index (κ2) is 18.0. The second-order valence-electron chi connectivity index (χ2n) is 2.74. The molecule has 0 fully saturated rings. The molecule has 0 aromatic heterocycles. The summed E-state index contributed by atoms with van der Waals surface area (Å²) in [6.07, 6.45) is 2.89. The third-order valence-corrected chi connectivity index (χ3v) is 1.00. The average molecular weight is 192 g/mol. The fourth-order valence-electron chi connectivity index (χ4n) is 0.482. The molecule has 0 radical (unpaired) electrons. The molecule has 14 heavy (non-hydrogen) atoms. The maximum Gasteiger partial charge on any atom is -0.0445 e. The van der Waals surface area contributed by atoms with Gasteiger partial charge in [-0.2, -0.15) is 0 Å². The van der Waals surface area contributed by atoms with Crippen molar-refractivity contribution in [2.24, 2.45) is 0 Å². The fourth-order valence-corrected chi connectivity index (χ4v) is 0.482. The number of hydrogen-bond acceptors (Lipinski definition) is 0. The molecule has 80 valence electrons. The van der Waals surface area contributed by atoms with Gasteiger partial charge >= 0.3 is 50.9 Å². The second-order valence-corrected chi connectivity index (χ2v) is 2.74. The zero-order valence-corrected chi connectivity index (χ0v) is 10.6. The average Bonchev–Trinajstić information content (AvgIpc) is 2.16. The van der Waals surface area contributed by atoms with Gasteiger partial charge in [0.2, 0.25) is 0 Å². The van der Waals surface area contributed by atoms with Crippen molar-refractivity contribution in [3.05, 3.63) is 36.4 Å².